The van der Waals surface area contributed by atoms with E-state index in [2.05, 4.69) is 38.6 Å². The molecular weight excluding hydrogens is 258 g/mol. The Balaban J connectivity index is 1.67. The van der Waals surface area contributed by atoms with Crippen LogP contribution in [0.1, 0.15) is 24.5 Å². The number of hydrogen-bond donors (Lipinski definition) is 1. The molecule has 0 aliphatic carbocycles. The maximum atomic E-state index is 4.54. The van der Waals surface area contributed by atoms with Crippen LogP contribution in [0, 0.1) is 0 Å². The van der Waals surface area contributed by atoms with Gasteiger partial charge in [0.05, 0.1) is 6.54 Å². The third-order valence-corrected chi connectivity index (χ3v) is 4.30. The summed E-state index contributed by atoms with van der Waals surface area (Å²) in [7, 11) is 0. The smallest absolute Gasteiger partial charge is 0.186 e. The predicted molar refractivity (Wildman–Crippen MR) is 77.4 cm³/mol. The van der Waals surface area contributed by atoms with Gasteiger partial charge in [-0.15, -0.1) is 11.3 Å². The summed E-state index contributed by atoms with van der Waals surface area (Å²) in [6.07, 6.45) is 5.90. The molecular formula is C13H19N5S. The predicted octanol–water partition coefficient (Wildman–Crippen LogP) is 1.86. The maximum absolute atomic E-state index is 4.54. The van der Waals surface area contributed by atoms with Crippen molar-refractivity contribution in [2.75, 3.05) is 11.4 Å². The highest BCUT2D eigenvalue weighted by molar-refractivity contribution is 7.15. The van der Waals surface area contributed by atoms with Gasteiger partial charge in [0.1, 0.15) is 5.82 Å². The average Bonchev–Trinajstić information content (AvgIpc) is 3.04. The maximum Gasteiger partial charge on any atom is 0.186 e. The number of nitrogens with zero attached hydrogens (tertiary/aromatic N) is 4. The minimum absolute atomic E-state index is 0.507. The highest BCUT2D eigenvalue weighted by Crippen LogP contribution is 2.25. The van der Waals surface area contributed by atoms with Crippen molar-refractivity contribution in [2.24, 2.45) is 0 Å². The van der Waals surface area contributed by atoms with Crippen LogP contribution in [0.15, 0.2) is 18.6 Å². The molecule has 0 amide bonds. The molecule has 19 heavy (non-hydrogen) atoms. The SMILES string of the molecule is CC(C)NCc1cnc(N2CCn3ccnc3C2)s1. The molecule has 0 spiro atoms. The van der Waals surface area contributed by atoms with Gasteiger partial charge in [0.25, 0.3) is 0 Å². The second kappa shape index (κ2) is 5.30. The first-order chi connectivity index (χ1) is 9.22. The largest absolute Gasteiger partial charge is 0.339 e. The normalized spacial score (nSPS) is 15.0. The molecule has 0 unspecified atom stereocenters. The fourth-order valence-electron chi connectivity index (χ4n) is 2.17. The number of thiazole rings is 1. The van der Waals surface area contributed by atoms with E-state index in [0.717, 1.165) is 37.1 Å². The lowest BCUT2D eigenvalue weighted by Crippen LogP contribution is -2.33. The van der Waals surface area contributed by atoms with Crippen molar-refractivity contribution in [2.45, 2.75) is 39.5 Å². The summed E-state index contributed by atoms with van der Waals surface area (Å²) in [4.78, 5) is 12.5. The van der Waals surface area contributed by atoms with E-state index >= 15 is 0 Å². The van der Waals surface area contributed by atoms with Crippen molar-refractivity contribution in [1.82, 2.24) is 19.9 Å². The van der Waals surface area contributed by atoms with Crippen molar-refractivity contribution in [3.8, 4) is 0 Å². The molecule has 1 aliphatic heterocycles. The van der Waals surface area contributed by atoms with Gasteiger partial charge >= 0.3 is 0 Å². The molecule has 2 aromatic rings. The van der Waals surface area contributed by atoms with Gasteiger partial charge in [0.15, 0.2) is 5.13 Å². The Morgan fingerprint density at radius 3 is 3.11 bits per heavy atom. The molecule has 1 N–H and O–H groups in total. The van der Waals surface area contributed by atoms with E-state index in [0.29, 0.717) is 6.04 Å². The monoisotopic (exact) mass is 277 g/mol. The summed E-state index contributed by atoms with van der Waals surface area (Å²) < 4.78 is 2.21. The molecule has 3 heterocycles. The topological polar surface area (TPSA) is 46.0 Å². The molecule has 0 saturated carbocycles. The lowest BCUT2D eigenvalue weighted by Gasteiger charge is -2.27. The molecule has 0 aromatic carbocycles. The average molecular weight is 277 g/mol. The number of rotatable bonds is 4. The van der Waals surface area contributed by atoms with Crippen LogP contribution in [0.5, 0.6) is 0 Å². The Kier molecular flexibility index (Phi) is 3.52. The Morgan fingerprint density at radius 2 is 2.26 bits per heavy atom. The molecule has 5 nitrogen and oxygen atoms in total. The van der Waals surface area contributed by atoms with Crippen LogP contribution in [-0.4, -0.2) is 27.1 Å². The van der Waals surface area contributed by atoms with E-state index < -0.39 is 0 Å². The first kappa shape index (κ1) is 12.6. The molecule has 0 atom stereocenters. The molecule has 0 saturated heterocycles. The molecule has 2 aromatic heterocycles. The van der Waals surface area contributed by atoms with Crippen molar-refractivity contribution in [3.05, 3.63) is 29.3 Å². The summed E-state index contributed by atoms with van der Waals surface area (Å²) in [5, 5.41) is 4.53. The van der Waals surface area contributed by atoms with Crippen LogP contribution in [0.25, 0.3) is 0 Å². The highest BCUT2D eigenvalue weighted by atomic mass is 32.1. The lowest BCUT2D eigenvalue weighted by atomic mass is 10.4. The standard InChI is InChI=1S/C13H19N5S/c1-10(2)15-7-11-8-16-13(19-11)18-6-5-17-4-3-14-12(17)9-18/h3-4,8,10,15H,5-7,9H2,1-2H3. The zero-order chi connectivity index (χ0) is 13.2. The van der Waals surface area contributed by atoms with Gasteiger partial charge in [-0.3, -0.25) is 0 Å². The molecule has 0 radical (unpaired) electrons. The Labute approximate surface area is 117 Å². The quantitative estimate of drug-likeness (QED) is 0.926. The number of fused-ring (bicyclic) bond motifs is 1. The van der Waals surface area contributed by atoms with E-state index in [4.69, 9.17) is 0 Å². The van der Waals surface area contributed by atoms with Gasteiger partial charge < -0.3 is 14.8 Å². The Hall–Kier alpha value is -1.40. The molecule has 102 valence electrons. The number of aromatic nitrogens is 3. The second-order valence-electron chi connectivity index (χ2n) is 5.10. The number of hydrogen-bond acceptors (Lipinski definition) is 5. The van der Waals surface area contributed by atoms with Crippen LogP contribution in [-0.2, 0) is 19.6 Å². The van der Waals surface area contributed by atoms with E-state index in [9.17, 15) is 0 Å². The van der Waals surface area contributed by atoms with Gasteiger partial charge in [-0.1, -0.05) is 13.8 Å². The minimum atomic E-state index is 0.507. The summed E-state index contributed by atoms with van der Waals surface area (Å²) >= 11 is 1.77. The van der Waals surface area contributed by atoms with Gasteiger partial charge in [0, 0.05) is 49.1 Å². The molecule has 6 heteroatoms. The zero-order valence-electron chi connectivity index (χ0n) is 11.3. The van der Waals surface area contributed by atoms with Crippen molar-refractivity contribution < 1.29 is 0 Å². The van der Waals surface area contributed by atoms with Crippen LogP contribution in [0.2, 0.25) is 0 Å². The van der Waals surface area contributed by atoms with Crippen LogP contribution < -0.4 is 10.2 Å². The van der Waals surface area contributed by atoms with Gasteiger partial charge in [-0.05, 0) is 0 Å². The fourth-order valence-corrected chi connectivity index (χ4v) is 3.05. The molecule has 3 rings (SSSR count). The van der Waals surface area contributed by atoms with Gasteiger partial charge in [-0.25, -0.2) is 9.97 Å². The molecule has 0 bridgehead atoms. The number of imidazole rings is 1. The van der Waals surface area contributed by atoms with Crippen LogP contribution in [0.3, 0.4) is 0 Å². The summed E-state index contributed by atoms with van der Waals surface area (Å²) in [5.41, 5.74) is 0. The highest BCUT2D eigenvalue weighted by Gasteiger charge is 2.19. The zero-order valence-corrected chi connectivity index (χ0v) is 12.2. The molecule has 0 fully saturated rings. The lowest BCUT2D eigenvalue weighted by molar-refractivity contribution is 0.559. The van der Waals surface area contributed by atoms with Crippen molar-refractivity contribution in [3.63, 3.8) is 0 Å². The van der Waals surface area contributed by atoms with E-state index in [1.54, 1.807) is 11.3 Å². The van der Waals surface area contributed by atoms with E-state index in [1.807, 2.05) is 18.6 Å². The summed E-state index contributed by atoms with van der Waals surface area (Å²) in [6, 6.07) is 0.507. The summed E-state index contributed by atoms with van der Waals surface area (Å²) in [6.45, 7) is 8.08. The first-order valence-corrected chi connectivity index (χ1v) is 7.47. The van der Waals surface area contributed by atoms with E-state index in [1.165, 1.54) is 4.88 Å². The van der Waals surface area contributed by atoms with Crippen LogP contribution in [0.4, 0.5) is 5.13 Å². The first-order valence-electron chi connectivity index (χ1n) is 6.65. The fraction of sp³-hybridized carbons (Fsp3) is 0.538. The van der Waals surface area contributed by atoms with Gasteiger partial charge in [0.2, 0.25) is 0 Å². The van der Waals surface area contributed by atoms with Gasteiger partial charge in [-0.2, -0.15) is 0 Å². The Morgan fingerprint density at radius 1 is 1.37 bits per heavy atom. The van der Waals surface area contributed by atoms with E-state index in [-0.39, 0.29) is 0 Å². The summed E-state index contributed by atoms with van der Waals surface area (Å²) in [5.74, 6) is 1.13. The third kappa shape index (κ3) is 2.79. The van der Waals surface area contributed by atoms with Crippen molar-refractivity contribution >= 4 is 16.5 Å². The van der Waals surface area contributed by atoms with Crippen molar-refractivity contribution in [1.29, 1.82) is 0 Å². The second-order valence-corrected chi connectivity index (χ2v) is 6.20. The van der Waals surface area contributed by atoms with Crippen LogP contribution >= 0.6 is 11.3 Å². The Bertz CT molecular complexity index is 545. The third-order valence-electron chi connectivity index (χ3n) is 3.24. The number of nitrogens with one attached hydrogen (secondary N) is 1. The molecule has 1 aliphatic rings. The number of anilines is 1. The minimum Gasteiger partial charge on any atom is -0.339 e.